The van der Waals surface area contributed by atoms with Gasteiger partial charge in [0.05, 0.1) is 0 Å². The lowest BCUT2D eigenvalue weighted by Gasteiger charge is -2.35. The molecule has 18 heavy (non-hydrogen) atoms. The highest BCUT2D eigenvalue weighted by Gasteiger charge is 2.41. The largest absolute Gasteiger partial charge is 0.352 e. The average molecular weight is 252 g/mol. The van der Waals surface area contributed by atoms with Crippen LogP contribution in [0.1, 0.15) is 46.5 Å². The van der Waals surface area contributed by atoms with E-state index in [1.54, 1.807) is 13.8 Å². The summed E-state index contributed by atoms with van der Waals surface area (Å²) in [6.45, 7) is 7.28. The van der Waals surface area contributed by atoms with Gasteiger partial charge in [0.25, 0.3) is 0 Å². The quantitative estimate of drug-likeness (QED) is 0.775. The standard InChI is InChI=1S/C14H24N2O2/c1-10-6-8-16(9-7-10)13(18)14(2,3)12(17)15-11-4-5-11/h10-11H,4-9H2,1-3H3,(H,15,17). The third-order valence-electron chi connectivity index (χ3n) is 4.09. The zero-order valence-electron chi connectivity index (χ0n) is 11.7. The molecule has 2 fully saturated rings. The van der Waals surface area contributed by atoms with Gasteiger partial charge in [0.1, 0.15) is 5.41 Å². The molecule has 1 saturated heterocycles. The second-order valence-electron chi connectivity index (χ2n) is 6.35. The second kappa shape index (κ2) is 4.90. The van der Waals surface area contributed by atoms with Gasteiger partial charge in [0.15, 0.2) is 0 Å². The fourth-order valence-corrected chi connectivity index (χ4v) is 2.30. The summed E-state index contributed by atoms with van der Waals surface area (Å²) in [5, 5.41) is 2.94. The Labute approximate surface area is 109 Å². The van der Waals surface area contributed by atoms with E-state index in [1.165, 1.54) is 0 Å². The highest BCUT2D eigenvalue weighted by atomic mass is 16.2. The fraction of sp³-hybridized carbons (Fsp3) is 0.857. The van der Waals surface area contributed by atoms with Crippen molar-refractivity contribution in [2.75, 3.05) is 13.1 Å². The zero-order chi connectivity index (χ0) is 13.3. The van der Waals surface area contributed by atoms with Gasteiger partial charge in [-0.3, -0.25) is 9.59 Å². The first kappa shape index (κ1) is 13.4. The maximum Gasteiger partial charge on any atom is 0.237 e. The van der Waals surface area contributed by atoms with Crippen LogP contribution in [0.25, 0.3) is 0 Å². The molecule has 1 aliphatic heterocycles. The lowest BCUT2D eigenvalue weighted by atomic mass is 9.88. The molecule has 0 bridgehead atoms. The number of nitrogens with zero attached hydrogens (tertiary/aromatic N) is 1. The molecule has 2 rings (SSSR count). The van der Waals surface area contributed by atoms with E-state index in [0.717, 1.165) is 38.8 Å². The number of hydrogen-bond donors (Lipinski definition) is 1. The van der Waals surface area contributed by atoms with Gasteiger partial charge in [-0.2, -0.15) is 0 Å². The van der Waals surface area contributed by atoms with Gasteiger partial charge in [-0.1, -0.05) is 6.92 Å². The molecule has 0 aromatic rings. The molecule has 0 atom stereocenters. The van der Waals surface area contributed by atoms with Crippen molar-refractivity contribution in [2.45, 2.75) is 52.5 Å². The van der Waals surface area contributed by atoms with Gasteiger partial charge in [-0.25, -0.2) is 0 Å². The van der Waals surface area contributed by atoms with Crippen LogP contribution in [-0.2, 0) is 9.59 Å². The first-order valence-corrected chi connectivity index (χ1v) is 7.01. The molecule has 1 N–H and O–H groups in total. The minimum Gasteiger partial charge on any atom is -0.352 e. The third kappa shape index (κ3) is 2.85. The normalized spacial score (nSPS) is 21.8. The number of amides is 2. The number of piperidine rings is 1. The van der Waals surface area contributed by atoms with Crippen molar-refractivity contribution >= 4 is 11.8 Å². The van der Waals surface area contributed by atoms with Gasteiger partial charge in [0.2, 0.25) is 11.8 Å². The minimum absolute atomic E-state index is 0.0208. The Morgan fingerprint density at radius 2 is 1.67 bits per heavy atom. The molecule has 4 heteroatoms. The Bertz CT molecular complexity index is 340. The molecule has 1 aliphatic carbocycles. The predicted molar refractivity (Wildman–Crippen MR) is 69.9 cm³/mol. The van der Waals surface area contributed by atoms with Crippen LogP contribution in [0.4, 0.5) is 0 Å². The van der Waals surface area contributed by atoms with Crippen molar-refractivity contribution in [3.05, 3.63) is 0 Å². The molecule has 0 unspecified atom stereocenters. The van der Waals surface area contributed by atoms with E-state index in [1.807, 2.05) is 4.90 Å². The van der Waals surface area contributed by atoms with Crippen LogP contribution >= 0.6 is 0 Å². The molecule has 1 heterocycles. The van der Waals surface area contributed by atoms with Crippen molar-refractivity contribution in [2.24, 2.45) is 11.3 Å². The lowest BCUT2D eigenvalue weighted by molar-refractivity contribution is -0.149. The van der Waals surface area contributed by atoms with E-state index in [-0.39, 0.29) is 11.8 Å². The second-order valence-corrected chi connectivity index (χ2v) is 6.35. The van der Waals surface area contributed by atoms with Crippen molar-refractivity contribution in [1.29, 1.82) is 0 Å². The Kier molecular flexibility index (Phi) is 3.64. The van der Waals surface area contributed by atoms with E-state index < -0.39 is 5.41 Å². The summed E-state index contributed by atoms with van der Waals surface area (Å²) >= 11 is 0. The van der Waals surface area contributed by atoms with Crippen LogP contribution in [0.15, 0.2) is 0 Å². The molecule has 0 aromatic carbocycles. The van der Waals surface area contributed by atoms with Crippen molar-refractivity contribution in [3.63, 3.8) is 0 Å². The van der Waals surface area contributed by atoms with Crippen LogP contribution < -0.4 is 5.32 Å². The molecule has 4 nitrogen and oxygen atoms in total. The Morgan fingerprint density at radius 3 is 2.17 bits per heavy atom. The van der Waals surface area contributed by atoms with E-state index in [4.69, 9.17) is 0 Å². The summed E-state index contributed by atoms with van der Waals surface area (Å²) in [5.41, 5.74) is -0.927. The van der Waals surface area contributed by atoms with Crippen LogP contribution in [0.2, 0.25) is 0 Å². The summed E-state index contributed by atoms with van der Waals surface area (Å²) < 4.78 is 0. The molecule has 0 spiro atoms. The maximum absolute atomic E-state index is 12.4. The minimum atomic E-state index is -0.927. The van der Waals surface area contributed by atoms with Gasteiger partial charge in [0, 0.05) is 19.1 Å². The Balaban J connectivity index is 1.94. The van der Waals surface area contributed by atoms with Gasteiger partial charge >= 0.3 is 0 Å². The number of rotatable bonds is 3. The smallest absolute Gasteiger partial charge is 0.237 e. The molecule has 2 aliphatic rings. The summed E-state index contributed by atoms with van der Waals surface area (Å²) in [4.78, 5) is 26.4. The van der Waals surface area contributed by atoms with Gasteiger partial charge in [-0.15, -0.1) is 0 Å². The Hall–Kier alpha value is -1.06. The lowest BCUT2D eigenvalue weighted by Crippen LogP contribution is -2.51. The zero-order valence-corrected chi connectivity index (χ0v) is 11.7. The summed E-state index contributed by atoms with van der Waals surface area (Å²) in [5.74, 6) is 0.554. The predicted octanol–water partition coefficient (Wildman–Crippen LogP) is 1.55. The topological polar surface area (TPSA) is 49.4 Å². The molecule has 2 amide bonds. The molecule has 0 aromatic heterocycles. The summed E-state index contributed by atoms with van der Waals surface area (Å²) in [6.07, 6.45) is 4.20. The van der Waals surface area contributed by atoms with Crippen LogP contribution in [0.5, 0.6) is 0 Å². The fourth-order valence-electron chi connectivity index (χ4n) is 2.30. The SMILES string of the molecule is CC1CCN(C(=O)C(C)(C)C(=O)NC2CC2)CC1. The number of hydrogen-bond acceptors (Lipinski definition) is 2. The number of likely N-dealkylation sites (tertiary alicyclic amines) is 1. The summed E-state index contributed by atoms with van der Waals surface area (Å²) in [6, 6.07) is 0.311. The van der Waals surface area contributed by atoms with Gasteiger partial charge in [-0.05, 0) is 45.4 Å². The van der Waals surface area contributed by atoms with Crippen LogP contribution in [0.3, 0.4) is 0 Å². The van der Waals surface area contributed by atoms with E-state index >= 15 is 0 Å². The third-order valence-corrected chi connectivity index (χ3v) is 4.09. The van der Waals surface area contributed by atoms with Crippen LogP contribution in [-0.4, -0.2) is 35.8 Å². The van der Waals surface area contributed by atoms with Crippen molar-refractivity contribution in [3.8, 4) is 0 Å². The maximum atomic E-state index is 12.4. The van der Waals surface area contributed by atoms with Crippen molar-refractivity contribution < 1.29 is 9.59 Å². The van der Waals surface area contributed by atoms with Gasteiger partial charge < -0.3 is 10.2 Å². The van der Waals surface area contributed by atoms with E-state index in [0.29, 0.717) is 12.0 Å². The molecule has 1 saturated carbocycles. The average Bonchev–Trinajstić information content (AvgIpc) is 3.13. The van der Waals surface area contributed by atoms with E-state index in [9.17, 15) is 9.59 Å². The highest BCUT2D eigenvalue weighted by molar-refractivity contribution is 6.04. The molecule has 0 radical (unpaired) electrons. The Morgan fingerprint density at radius 1 is 1.11 bits per heavy atom. The highest BCUT2D eigenvalue weighted by Crippen LogP contribution is 2.26. The molecule has 102 valence electrons. The molecular formula is C14H24N2O2. The van der Waals surface area contributed by atoms with Crippen LogP contribution in [0, 0.1) is 11.3 Å². The first-order chi connectivity index (χ1) is 8.41. The monoisotopic (exact) mass is 252 g/mol. The van der Waals surface area contributed by atoms with E-state index in [2.05, 4.69) is 12.2 Å². The van der Waals surface area contributed by atoms with Crippen molar-refractivity contribution in [1.82, 2.24) is 10.2 Å². The molecular weight excluding hydrogens is 228 g/mol. The summed E-state index contributed by atoms with van der Waals surface area (Å²) in [7, 11) is 0. The first-order valence-electron chi connectivity index (χ1n) is 7.01. The number of carbonyl (C=O) groups excluding carboxylic acids is 2. The number of carbonyl (C=O) groups is 2. The number of nitrogens with one attached hydrogen (secondary N) is 1.